The van der Waals surface area contributed by atoms with E-state index >= 15 is 0 Å². The number of benzene rings is 1. The fourth-order valence-electron chi connectivity index (χ4n) is 2.80. The van der Waals surface area contributed by atoms with E-state index in [0.29, 0.717) is 6.54 Å². The third kappa shape index (κ3) is 2.69. The van der Waals surface area contributed by atoms with Gasteiger partial charge < -0.3 is 10.8 Å². The van der Waals surface area contributed by atoms with Crippen molar-refractivity contribution >= 4 is 5.69 Å². The van der Waals surface area contributed by atoms with E-state index in [1.807, 2.05) is 24.5 Å². The Morgan fingerprint density at radius 2 is 2.25 bits per heavy atom. The second-order valence-electron chi connectivity index (χ2n) is 5.28. The molecule has 2 aromatic rings. The summed E-state index contributed by atoms with van der Waals surface area (Å²) in [5, 5.41) is 13.1. The van der Waals surface area contributed by atoms with Gasteiger partial charge in [-0.1, -0.05) is 12.1 Å². The zero-order valence-electron chi connectivity index (χ0n) is 11.5. The Bertz CT molecular complexity index is 593. The van der Waals surface area contributed by atoms with Gasteiger partial charge in [0, 0.05) is 37.1 Å². The number of aromatic nitrogens is 2. The molecule has 0 spiro atoms. The number of fused-ring (bicyclic) bond motifs is 1. The van der Waals surface area contributed by atoms with Crippen LogP contribution in [0.3, 0.4) is 0 Å². The van der Waals surface area contributed by atoms with Gasteiger partial charge in [-0.25, -0.2) is 0 Å². The summed E-state index contributed by atoms with van der Waals surface area (Å²) in [4.78, 5) is 2.40. The number of hydrogen-bond acceptors (Lipinski definition) is 4. The van der Waals surface area contributed by atoms with Gasteiger partial charge in [-0.05, 0) is 23.6 Å². The zero-order chi connectivity index (χ0) is 13.9. The zero-order valence-corrected chi connectivity index (χ0v) is 11.5. The minimum absolute atomic E-state index is 0.123. The molecule has 1 aliphatic heterocycles. The van der Waals surface area contributed by atoms with Crippen LogP contribution in [-0.4, -0.2) is 32.9 Å². The number of rotatable bonds is 4. The van der Waals surface area contributed by atoms with Gasteiger partial charge in [0.25, 0.3) is 0 Å². The molecule has 106 valence electrons. The van der Waals surface area contributed by atoms with Crippen LogP contribution in [0.5, 0.6) is 0 Å². The molecule has 1 aromatic carbocycles. The van der Waals surface area contributed by atoms with Crippen LogP contribution < -0.4 is 5.73 Å². The highest BCUT2D eigenvalue weighted by Gasteiger charge is 2.18. The number of nitrogen functional groups attached to an aromatic ring is 1. The first-order valence-electron chi connectivity index (χ1n) is 6.97. The molecule has 0 aliphatic carbocycles. The van der Waals surface area contributed by atoms with Gasteiger partial charge in [0.05, 0.1) is 19.3 Å². The lowest BCUT2D eigenvalue weighted by Crippen LogP contribution is -2.30. The van der Waals surface area contributed by atoms with Crippen molar-refractivity contribution in [2.75, 3.05) is 18.9 Å². The molecular formula is C15H20N4O. The third-order valence-corrected chi connectivity index (χ3v) is 3.80. The van der Waals surface area contributed by atoms with Gasteiger partial charge in [-0.3, -0.25) is 9.58 Å². The van der Waals surface area contributed by atoms with Crippen LogP contribution in [-0.2, 0) is 26.1 Å². The van der Waals surface area contributed by atoms with Crippen molar-refractivity contribution in [2.24, 2.45) is 0 Å². The molecule has 0 radical (unpaired) electrons. The Kier molecular flexibility index (Phi) is 3.71. The molecule has 0 atom stereocenters. The monoisotopic (exact) mass is 272 g/mol. The maximum atomic E-state index is 8.90. The van der Waals surface area contributed by atoms with Gasteiger partial charge in [-0.2, -0.15) is 5.10 Å². The lowest BCUT2D eigenvalue weighted by Gasteiger charge is -2.29. The van der Waals surface area contributed by atoms with Crippen LogP contribution in [0.25, 0.3) is 0 Å². The van der Waals surface area contributed by atoms with Crippen LogP contribution in [0.15, 0.2) is 30.6 Å². The first-order chi connectivity index (χ1) is 9.76. The average molecular weight is 272 g/mol. The maximum Gasteiger partial charge on any atom is 0.0640 e. The molecule has 2 heterocycles. The molecule has 0 unspecified atom stereocenters. The number of nitrogens with two attached hydrogens (primary N) is 1. The summed E-state index contributed by atoms with van der Waals surface area (Å²) in [6, 6.07) is 6.16. The normalized spacial score (nSPS) is 15.2. The van der Waals surface area contributed by atoms with Crippen LogP contribution in [0.4, 0.5) is 5.69 Å². The quantitative estimate of drug-likeness (QED) is 0.815. The van der Waals surface area contributed by atoms with Crippen molar-refractivity contribution in [3.63, 3.8) is 0 Å². The Hall–Kier alpha value is -1.85. The van der Waals surface area contributed by atoms with E-state index in [-0.39, 0.29) is 6.61 Å². The van der Waals surface area contributed by atoms with Crippen LogP contribution in [0.1, 0.15) is 16.7 Å². The predicted molar refractivity (Wildman–Crippen MR) is 78.0 cm³/mol. The molecule has 1 aliphatic rings. The molecule has 5 nitrogen and oxygen atoms in total. The standard InChI is InChI=1S/C15H20N4O/c16-15-3-1-2-13-11-18(5-4-14(13)15)9-12-8-17-19(10-12)6-7-20/h1-3,8,10,20H,4-7,9,11,16H2. The fourth-order valence-corrected chi connectivity index (χ4v) is 2.80. The summed E-state index contributed by atoms with van der Waals surface area (Å²) in [5.74, 6) is 0. The molecule has 1 aromatic heterocycles. The van der Waals surface area contributed by atoms with Gasteiger partial charge in [0.15, 0.2) is 0 Å². The first-order valence-corrected chi connectivity index (χ1v) is 6.97. The Balaban J connectivity index is 1.68. The minimum atomic E-state index is 0.123. The highest BCUT2D eigenvalue weighted by molar-refractivity contribution is 5.51. The number of anilines is 1. The predicted octanol–water partition coefficient (Wildman–Crippen LogP) is 1.02. The highest BCUT2D eigenvalue weighted by atomic mass is 16.3. The van der Waals surface area contributed by atoms with Gasteiger partial charge in [-0.15, -0.1) is 0 Å². The molecule has 0 saturated heterocycles. The largest absolute Gasteiger partial charge is 0.398 e. The minimum Gasteiger partial charge on any atom is -0.398 e. The molecule has 0 bridgehead atoms. The van der Waals surface area contributed by atoms with E-state index in [0.717, 1.165) is 31.7 Å². The van der Waals surface area contributed by atoms with Crippen molar-refractivity contribution in [2.45, 2.75) is 26.1 Å². The summed E-state index contributed by atoms with van der Waals surface area (Å²) in [6.07, 6.45) is 4.89. The van der Waals surface area contributed by atoms with E-state index in [1.165, 1.54) is 16.7 Å². The number of hydrogen-bond donors (Lipinski definition) is 2. The van der Waals surface area contributed by atoms with Gasteiger partial charge in [0.1, 0.15) is 0 Å². The lowest BCUT2D eigenvalue weighted by molar-refractivity contribution is 0.245. The van der Waals surface area contributed by atoms with E-state index < -0.39 is 0 Å². The van der Waals surface area contributed by atoms with Crippen molar-refractivity contribution in [3.05, 3.63) is 47.3 Å². The van der Waals surface area contributed by atoms with E-state index in [1.54, 1.807) is 4.68 Å². The van der Waals surface area contributed by atoms with E-state index in [9.17, 15) is 0 Å². The van der Waals surface area contributed by atoms with Crippen LogP contribution in [0, 0.1) is 0 Å². The summed E-state index contributed by atoms with van der Waals surface area (Å²) in [5.41, 5.74) is 10.8. The molecule has 20 heavy (non-hydrogen) atoms. The average Bonchev–Trinajstić information content (AvgIpc) is 2.87. The number of nitrogens with zero attached hydrogens (tertiary/aromatic N) is 3. The topological polar surface area (TPSA) is 67.3 Å². The molecule has 3 rings (SSSR count). The Morgan fingerprint density at radius 1 is 1.35 bits per heavy atom. The van der Waals surface area contributed by atoms with Gasteiger partial charge >= 0.3 is 0 Å². The second-order valence-corrected chi connectivity index (χ2v) is 5.28. The van der Waals surface area contributed by atoms with E-state index in [2.05, 4.69) is 16.1 Å². The highest BCUT2D eigenvalue weighted by Crippen LogP contribution is 2.24. The third-order valence-electron chi connectivity index (χ3n) is 3.80. The second kappa shape index (κ2) is 5.64. The van der Waals surface area contributed by atoms with Crippen molar-refractivity contribution in [1.82, 2.24) is 14.7 Å². The lowest BCUT2D eigenvalue weighted by atomic mass is 9.98. The molecule has 0 fully saturated rings. The Labute approximate surface area is 118 Å². The van der Waals surface area contributed by atoms with Crippen LogP contribution >= 0.6 is 0 Å². The van der Waals surface area contributed by atoms with Gasteiger partial charge in [0.2, 0.25) is 0 Å². The molecule has 3 N–H and O–H groups in total. The van der Waals surface area contributed by atoms with E-state index in [4.69, 9.17) is 10.8 Å². The molecular weight excluding hydrogens is 252 g/mol. The summed E-state index contributed by atoms with van der Waals surface area (Å²) >= 11 is 0. The summed E-state index contributed by atoms with van der Waals surface area (Å²) in [7, 11) is 0. The molecule has 0 amide bonds. The molecule has 0 saturated carbocycles. The van der Waals surface area contributed by atoms with Crippen molar-refractivity contribution in [3.8, 4) is 0 Å². The summed E-state index contributed by atoms with van der Waals surface area (Å²) < 4.78 is 1.78. The fraction of sp³-hybridized carbons (Fsp3) is 0.400. The number of aliphatic hydroxyl groups is 1. The maximum absolute atomic E-state index is 8.90. The molecule has 5 heteroatoms. The van der Waals surface area contributed by atoms with Crippen LogP contribution in [0.2, 0.25) is 0 Å². The SMILES string of the molecule is Nc1cccc2c1CCN(Cc1cnn(CCO)c1)C2. The Morgan fingerprint density at radius 3 is 3.10 bits per heavy atom. The number of aliphatic hydroxyl groups excluding tert-OH is 1. The van der Waals surface area contributed by atoms with Crippen molar-refractivity contribution in [1.29, 1.82) is 0 Å². The van der Waals surface area contributed by atoms with Crippen molar-refractivity contribution < 1.29 is 5.11 Å². The smallest absolute Gasteiger partial charge is 0.0640 e. The summed E-state index contributed by atoms with van der Waals surface area (Å²) in [6.45, 7) is 3.52. The first kappa shape index (κ1) is 13.1.